The van der Waals surface area contributed by atoms with Gasteiger partial charge in [0, 0.05) is 67.5 Å². The number of piperazine rings is 1. The number of aromatic amines is 1. The molecule has 0 bridgehead atoms. The van der Waals surface area contributed by atoms with Crippen LogP contribution < -0.4 is 0 Å². The van der Waals surface area contributed by atoms with Crippen LogP contribution in [0.2, 0.25) is 0 Å². The van der Waals surface area contributed by atoms with Crippen LogP contribution in [-0.4, -0.2) is 75.5 Å². The van der Waals surface area contributed by atoms with Crippen molar-refractivity contribution in [1.82, 2.24) is 19.7 Å². The predicted molar refractivity (Wildman–Crippen MR) is 140 cm³/mol. The van der Waals surface area contributed by atoms with Gasteiger partial charge < -0.3 is 14.8 Å². The van der Waals surface area contributed by atoms with E-state index in [2.05, 4.69) is 16.8 Å². The molecule has 1 aromatic heterocycles. The minimum absolute atomic E-state index is 0.0282. The Kier molecular flexibility index (Phi) is 7.11. The second-order valence-corrected chi connectivity index (χ2v) is 10.4. The molecule has 2 aliphatic rings. The van der Waals surface area contributed by atoms with Crippen LogP contribution in [-0.2, 0) is 11.3 Å². The van der Waals surface area contributed by atoms with E-state index in [9.17, 15) is 18.8 Å². The Labute approximate surface area is 216 Å². The lowest BCUT2D eigenvalue weighted by Crippen LogP contribution is -2.57. The van der Waals surface area contributed by atoms with Gasteiger partial charge >= 0.3 is 0 Å². The van der Waals surface area contributed by atoms with Crippen LogP contribution in [0.15, 0.2) is 48.7 Å². The van der Waals surface area contributed by atoms with Gasteiger partial charge in [-0.1, -0.05) is 12.1 Å². The lowest BCUT2D eigenvalue weighted by Gasteiger charge is -2.44. The number of nitrogens with zero attached hydrogens (tertiary/aromatic N) is 3. The third-order valence-corrected chi connectivity index (χ3v) is 7.69. The molecule has 8 heteroatoms. The fourth-order valence-corrected chi connectivity index (χ4v) is 5.48. The molecule has 37 heavy (non-hydrogen) atoms. The number of fused-ring (bicyclic) bond motifs is 1. The molecule has 0 spiro atoms. The first-order valence-corrected chi connectivity index (χ1v) is 13.1. The van der Waals surface area contributed by atoms with Crippen molar-refractivity contribution < 1.29 is 18.8 Å². The standard InChI is InChI=1S/C29H33FN4O3/c1-19-17-34(20(2)16-33(19)18-21-6-9-23(30)10-7-21)28(36)25-15-31-26-11-8-22(14-24(25)26)27(35)29(37)32-12-4-3-5-13-32/h6-11,14-15,19-20,31H,3-5,12-13,16-18H2,1-2H3/t19-,20+/m0/s1. The smallest absolute Gasteiger partial charge is 0.294 e. The van der Waals surface area contributed by atoms with Gasteiger partial charge in [0.2, 0.25) is 5.78 Å². The number of Topliss-reactive ketones (excluding diaryl/α,β-unsaturated/α-hetero) is 1. The number of piperidine rings is 1. The number of ketones is 1. The fourth-order valence-electron chi connectivity index (χ4n) is 5.48. The number of carbonyl (C=O) groups excluding carboxylic acids is 3. The van der Waals surface area contributed by atoms with E-state index in [0.29, 0.717) is 49.2 Å². The zero-order chi connectivity index (χ0) is 26.1. The Morgan fingerprint density at radius 2 is 1.68 bits per heavy atom. The van der Waals surface area contributed by atoms with Crippen molar-refractivity contribution in [2.75, 3.05) is 26.2 Å². The monoisotopic (exact) mass is 504 g/mol. The van der Waals surface area contributed by atoms with Crippen LogP contribution in [0, 0.1) is 5.82 Å². The second kappa shape index (κ2) is 10.5. The molecule has 2 aromatic carbocycles. The summed E-state index contributed by atoms with van der Waals surface area (Å²) >= 11 is 0. The average molecular weight is 505 g/mol. The molecule has 2 saturated heterocycles. The number of benzene rings is 2. The van der Waals surface area contributed by atoms with Crippen molar-refractivity contribution in [3.63, 3.8) is 0 Å². The number of likely N-dealkylation sites (tertiary alicyclic amines) is 1. The summed E-state index contributed by atoms with van der Waals surface area (Å²) in [6, 6.07) is 11.7. The summed E-state index contributed by atoms with van der Waals surface area (Å²) in [5.74, 6) is -1.35. The molecule has 2 fully saturated rings. The molecular weight excluding hydrogens is 471 g/mol. The third-order valence-electron chi connectivity index (χ3n) is 7.69. The molecule has 194 valence electrons. The van der Waals surface area contributed by atoms with Gasteiger partial charge in [0.05, 0.1) is 5.56 Å². The van der Waals surface area contributed by atoms with Crippen molar-refractivity contribution in [3.8, 4) is 0 Å². The van der Waals surface area contributed by atoms with Crippen molar-refractivity contribution in [1.29, 1.82) is 0 Å². The second-order valence-electron chi connectivity index (χ2n) is 10.4. The van der Waals surface area contributed by atoms with E-state index in [1.165, 1.54) is 12.1 Å². The number of H-pyrrole nitrogens is 1. The molecule has 1 N–H and O–H groups in total. The molecule has 0 aliphatic carbocycles. The molecule has 0 unspecified atom stereocenters. The number of nitrogens with one attached hydrogen (secondary N) is 1. The van der Waals surface area contributed by atoms with E-state index in [1.807, 2.05) is 11.8 Å². The first-order valence-electron chi connectivity index (χ1n) is 13.1. The summed E-state index contributed by atoms with van der Waals surface area (Å²) < 4.78 is 13.3. The number of amides is 2. The van der Waals surface area contributed by atoms with Crippen molar-refractivity contribution >= 4 is 28.5 Å². The van der Waals surface area contributed by atoms with E-state index >= 15 is 0 Å². The van der Waals surface area contributed by atoms with Crippen LogP contribution in [0.1, 0.15) is 59.4 Å². The highest BCUT2D eigenvalue weighted by Crippen LogP contribution is 2.26. The van der Waals surface area contributed by atoms with Crippen molar-refractivity contribution in [3.05, 3.63) is 71.2 Å². The molecule has 7 nitrogen and oxygen atoms in total. The summed E-state index contributed by atoms with van der Waals surface area (Å²) in [5, 5.41) is 0.649. The van der Waals surface area contributed by atoms with Gasteiger partial charge in [-0.15, -0.1) is 0 Å². The molecule has 2 aliphatic heterocycles. The Morgan fingerprint density at radius 3 is 2.41 bits per heavy atom. The van der Waals surface area contributed by atoms with E-state index < -0.39 is 11.7 Å². The molecule has 2 atom stereocenters. The first-order chi connectivity index (χ1) is 17.8. The zero-order valence-corrected chi connectivity index (χ0v) is 21.4. The molecule has 2 amide bonds. The van der Waals surface area contributed by atoms with Gasteiger partial charge in [-0.25, -0.2) is 4.39 Å². The maximum atomic E-state index is 13.7. The van der Waals surface area contributed by atoms with Gasteiger partial charge in [0.25, 0.3) is 11.8 Å². The SMILES string of the molecule is C[C@@H]1CN(Cc2ccc(F)cc2)[C@@H](C)CN1C(=O)c1c[nH]c2ccc(C(=O)C(=O)N3CCCCC3)cc12. The first kappa shape index (κ1) is 25.1. The largest absolute Gasteiger partial charge is 0.360 e. The van der Waals surface area contributed by atoms with Crippen molar-refractivity contribution in [2.24, 2.45) is 0 Å². The quantitative estimate of drug-likeness (QED) is 0.417. The molecule has 0 saturated carbocycles. The Morgan fingerprint density at radius 1 is 0.946 bits per heavy atom. The van der Waals surface area contributed by atoms with E-state index in [4.69, 9.17) is 0 Å². The zero-order valence-electron chi connectivity index (χ0n) is 21.4. The normalized spacial score (nSPS) is 20.8. The summed E-state index contributed by atoms with van der Waals surface area (Å²) in [7, 11) is 0. The summed E-state index contributed by atoms with van der Waals surface area (Å²) in [6.07, 6.45) is 4.61. The van der Waals surface area contributed by atoms with Gasteiger partial charge in [-0.2, -0.15) is 0 Å². The van der Waals surface area contributed by atoms with Crippen molar-refractivity contribution in [2.45, 2.75) is 51.7 Å². The number of carbonyl (C=O) groups is 3. The van der Waals surface area contributed by atoms with E-state index in [-0.39, 0.29) is 23.8 Å². The number of aromatic nitrogens is 1. The van der Waals surface area contributed by atoms with Gasteiger partial charge in [0.1, 0.15) is 5.82 Å². The highest BCUT2D eigenvalue weighted by atomic mass is 19.1. The Balaban J connectivity index is 1.32. The third kappa shape index (κ3) is 5.16. The topological polar surface area (TPSA) is 76.7 Å². The number of rotatable bonds is 5. The lowest BCUT2D eigenvalue weighted by molar-refractivity contribution is -0.127. The number of hydrogen-bond acceptors (Lipinski definition) is 4. The van der Waals surface area contributed by atoms with Crippen LogP contribution in [0.5, 0.6) is 0 Å². The Hall–Kier alpha value is -3.52. The minimum atomic E-state index is -0.528. The van der Waals surface area contributed by atoms with Gasteiger partial charge in [-0.3, -0.25) is 19.3 Å². The summed E-state index contributed by atoms with van der Waals surface area (Å²) in [4.78, 5) is 48.4. The minimum Gasteiger partial charge on any atom is -0.360 e. The highest BCUT2D eigenvalue weighted by Gasteiger charge is 2.33. The van der Waals surface area contributed by atoms with Gasteiger partial charge in [-0.05, 0) is 69.0 Å². The van der Waals surface area contributed by atoms with E-state index in [1.54, 1.807) is 41.4 Å². The van der Waals surface area contributed by atoms with Crippen LogP contribution in [0.25, 0.3) is 10.9 Å². The predicted octanol–water partition coefficient (Wildman–Crippen LogP) is 4.24. The molecule has 0 radical (unpaired) electrons. The van der Waals surface area contributed by atoms with Crippen LogP contribution in [0.3, 0.4) is 0 Å². The highest BCUT2D eigenvalue weighted by molar-refractivity contribution is 6.43. The lowest BCUT2D eigenvalue weighted by atomic mass is 10.0. The number of halogens is 1. The molecular formula is C29H33FN4O3. The molecule has 5 rings (SSSR count). The maximum Gasteiger partial charge on any atom is 0.294 e. The van der Waals surface area contributed by atoms with E-state index in [0.717, 1.165) is 30.3 Å². The van der Waals surface area contributed by atoms with Crippen LogP contribution in [0.4, 0.5) is 4.39 Å². The van der Waals surface area contributed by atoms with Crippen LogP contribution >= 0.6 is 0 Å². The maximum absolute atomic E-state index is 13.7. The molecule has 3 heterocycles. The Bertz CT molecular complexity index is 1310. The summed E-state index contributed by atoms with van der Waals surface area (Å²) in [5.41, 5.74) is 2.59. The number of hydrogen-bond donors (Lipinski definition) is 1. The average Bonchev–Trinajstić information content (AvgIpc) is 3.34. The fraction of sp³-hybridized carbons (Fsp3) is 0.414. The molecule has 3 aromatic rings. The van der Waals surface area contributed by atoms with Gasteiger partial charge in [0.15, 0.2) is 0 Å². The summed E-state index contributed by atoms with van der Waals surface area (Å²) in [6.45, 7) is 7.29.